The van der Waals surface area contributed by atoms with Crippen molar-refractivity contribution >= 4 is 18.4 Å². The normalized spacial score (nSPS) is 17.5. The quantitative estimate of drug-likeness (QED) is 0.567. The van der Waals surface area contributed by atoms with Crippen LogP contribution >= 0.6 is 0 Å². The van der Waals surface area contributed by atoms with E-state index in [4.69, 9.17) is 0 Å². The first-order valence-corrected chi connectivity index (χ1v) is 16.1. The second-order valence-corrected chi connectivity index (χ2v) is 19.5. The van der Waals surface area contributed by atoms with Crippen molar-refractivity contribution in [1.82, 2.24) is 4.90 Å². The molecular formula is C13H27NSn. The second kappa shape index (κ2) is 7.50. The van der Waals surface area contributed by atoms with Gasteiger partial charge in [-0.3, -0.25) is 0 Å². The topological polar surface area (TPSA) is 3.24 Å². The van der Waals surface area contributed by atoms with Gasteiger partial charge >= 0.3 is 86.5 Å². The van der Waals surface area contributed by atoms with Crippen LogP contribution in [0.3, 0.4) is 0 Å². The first-order chi connectivity index (χ1) is 7.04. The molecule has 0 amide bonds. The second-order valence-electron chi connectivity index (χ2n) is 4.78. The van der Waals surface area contributed by atoms with Gasteiger partial charge in [-0.25, -0.2) is 0 Å². The Balaban J connectivity index is 0.000000921. The molecule has 0 N–H and O–H groups in total. The summed E-state index contributed by atoms with van der Waals surface area (Å²) in [7, 11) is 0. The van der Waals surface area contributed by atoms with Crippen LogP contribution in [0.2, 0.25) is 14.8 Å². The van der Waals surface area contributed by atoms with Crippen molar-refractivity contribution < 1.29 is 0 Å². The van der Waals surface area contributed by atoms with Crippen LogP contribution in [-0.4, -0.2) is 42.9 Å². The summed E-state index contributed by atoms with van der Waals surface area (Å²) in [5.74, 6) is 0. The molecule has 0 fully saturated rings. The van der Waals surface area contributed by atoms with Crippen molar-refractivity contribution in [2.45, 2.75) is 35.1 Å². The fraction of sp³-hybridized carbons (Fsp3) is 0.692. The molecule has 88 valence electrons. The predicted molar refractivity (Wildman–Crippen MR) is 74.0 cm³/mol. The summed E-state index contributed by atoms with van der Waals surface area (Å²) in [6.07, 6.45) is 5.79. The molecule has 0 unspecified atom stereocenters. The van der Waals surface area contributed by atoms with Gasteiger partial charge in [-0.05, 0) is 0 Å². The van der Waals surface area contributed by atoms with Crippen molar-refractivity contribution in [3.8, 4) is 0 Å². The van der Waals surface area contributed by atoms with Gasteiger partial charge in [0, 0.05) is 0 Å². The van der Waals surface area contributed by atoms with Crippen LogP contribution in [0, 0.1) is 0 Å². The fourth-order valence-corrected chi connectivity index (χ4v) is 6.21. The fourth-order valence-electron chi connectivity index (χ4n) is 1.74. The monoisotopic (exact) mass is 317 g/mol. The van der Waals surface area contributed by atoms with E-state index in [-0.39, 0.29) is 0 Å². The predicted octanol–water partition coefficient (Wildman–Crippen LogP) is 3.71. The van der Waals surface area contributed by atoms with Crippen molar-refractivity contribution in [2.24, 2.45) is 0 Å². The molecule has 1 nitrogen and oxygen atoms in total. The summed E-state index contributed by atoms with van der Waals surface area (Å²) in [6, 6.07) is 0. The van der Waals surface area contributed by atoms with Gasteiger partial charge < -0.3 is 0 Å². The van der Waals surface area contributed by atoms with Gasteiger partial charge in [0.25, 0.3) is 0 Å². The summed E-state index contributed by atoms with van der Waals surface area (Å²) in [6.45, 7) is 11.2. The standard InChI is InChI=1S/C8H12N.C2H6.3CH3.Sn/c1-2-6-9-7-4-3-5-8-9;1-2;;;;/h2,4H,1,5-8H2;1-2H3;3*1H3;. The number of nitrogens with zero attached hydrogens (tertiary/aromatic N) is 1. The molecule has 0 aliphatic carbocycles. The molecule has 0 saturated heterocycles. The molecule has 1 heterocycles. The molecule has 0 aromatic rings. The van der Waals surface area contributed by atoms with E-state index in [9.17, 15) is 0 Å². The number of hydrogen-bond acceptors (Lipinski definition) is 1. The van der Waals surface area contributed by atoms with E-state index >= 15 is 0 Å². The summed E-state index contributed by atoms with van der Waals surface area (Å²) in [5, 5.41) is 0. The van der Waals surface area contributed by atoms with E-state index in [0.717, 1.165) is 13.1 Å². The Morgan fingerprint density at radius 2 is 2.00 bits per heavy atom. The summed E-state index contributed by atoms with van der Waals surface area (Å²) < 4.78 is 1.81. The molecule has 15 heavy (non-hydrogen) atoms. The third kappa shape index (κ3) is 5.76. The van der Waals surface area contributed by atoms with Gasteiger partial charge in [0.1, 0.15) is 0 Å². The molecule has 0 radical (unpaired) electrons. The number of rotatable bonds is 3. The van der Waals surface area contributed by atoms with Gasteiger partial charge in [0.15, 0.2) is 0 Å². The smallest absolute Gasteiger partial charge is 0.0683 e. The SMILES string of the molecule is C=CCN1CC=[C]([Sn]([CH3])([CH3])[CH3])CC1.CC. The molecule has 1 aliphatic heterocycles. The molecular weight excluding hydrogens is 289 g/mol. The third-order valence-electron chi connectivity index (χ3n) is 2.64. The Bertz CT molecular complexity index is 213. The minimum atomic E-state index is -1.70. The van der Waals surface area contributed by atoms with Crippen LogP contribution in [0.4, 0.5) is 0 Å². The van der Waals surface area contributed by atoms with Gasteiger partial charge in [-0.2, -0.15) is 0 Å². The third-order valence-corrected chi connectivity index (χ3v) is 9.44. The van der Waals surface area contributed by atoms with Crippen LogP contribution in [-0.2, 0) is 0 Å². The maximum atomic E-state index is 3.77. The summed E-state index contributed by atoms with van der Waals surface area (Å²) >= 11 is -1.70. The van der Waals surface area contributed by atoms with Crippen LogP contribution in [0.5, 0.6) is 0 Å². The Hall–Kier alpha value is 0.239. The molecule has 0 saturated carbocycles. The van der Waals surface area contributed by atoms with Crippen LogP contribution in [0.15, 0.2) is 22.3 Å². The van der Waals surface area contributed by atoms with E-state index in [1.54, 1.807) is 0 Å². The molecule has 1 aliphatic rings. The van der Waals surface area contributed by atoms with E-state index in [2.05, 4.69) is 32.4 Å². The van der Waals surface area contributed by atoms with Crippen LogP contribution in [0.1, 0.15) is 20.3 Å². The Morgan fingerprint density at radius 3 is 2.33 bits per heavy atom. The number of hydrogen-bond donors (Lipinski definition) is 0. The molecule has 2 heteroatoms. The summed E-state index contributed by atoms with van der Waals surface area (Å²) in [5.41, 5.74) is 0. The molecule has 1 rings (SSSR count). The van der Waals surface area contributed by atoms with Crippen molar-refractivity contribution in [2.75, 3.05) is 19.6 Å². The maximum Gasteiger partial charge on any atom is -0.0683 e. The van der Waals surface area contributed by atoms with Crippen molar-refractivity contribution in [1.29, 1.82) is 0 Å². The van der Waals surface area contributed by atoms with Gasteiger partial charge in [0.2, 0.25) is 0 Å². The van der Waals surface area contributed by atoms with Crippen molar-refractivity contribution in [3.05, 3.63) is 22.3 Å². The van der Waals surface area contributed by atoms with E-state index in [0.29, 0.717) is 0 Å². The van der Waals surface area contributed by atoms with Gasteiger partial charge in [-0.15, -0.1) is 0 Å². The zero-order chi connectivity index (χ0) is 11.9. The molecule has 0 aromatic carbocycles. The Labute approximate surface area is 100 Å². The molecule has 0 atom stereocenters. The first kappa shape index (κ1) is 15.2. The van der Waals surface area contributed by atoms with Crippen LogP contribution in [0.25, 0.3) is 0 Å². The largest absolute Gasteiger partial charge is 0.0683 e. The average Bonchev–Trinajstić information content (AvgIpc) is 2.21. The van der Waals surface area contributed by atoms with E-state index in [1.165, 1.54) is 13.0 Å². The minimum Gasteiger partial charge on any atom is -0.0683 e. The molecule has 0 aromatic heterocycles. The van der Waals surface area contributed by atoms with Crippen molar-refractivity contribution in [3.63, 3.8) is 0 Å². The average molecular weight is 316 g/mol. The zero-order valence-corrected chi connectivity index (χ0v) is 14.0. The van der Waals surface area contributed by atoms with Gasteiger partial charge in [0.05, 0.1) is 0 Å². The molecule has 0 spiro atoms. The Kier molecular flexibility index (Phi) is 7.62. The maximum absolute atomic E-state index is 3.77. The Morgan fingerprint density at radius 1 is 1.40 bits per heavy atom. The van der Waals surface area contributed by atoms with E-state index < -0.39 is 18.4 Å². The summed E-state index contributed by atoms with van der Waals surface area (Å²) in [4.78, 5) is 9.96. The molecule has 0 bridgehead atoms. The van der Waals surface area contributed by atoms with E-state index in [1.807, 2.05) is 23.5 Å². The minimum absolute atomic E-state index is 1.05. The van der Waals surface area contributed by atoms with Crippen LogP contribution < -0.4 is 0 Å². The zero-order valence-electron chi connectivity index (χ0n) is 11.1. The van der Waals surface area contributed by atoms with Gasteiger partial charge in [-0.1, -0.05) is 13.8 Å². The first-order valence-electron chi connectivity index (χ1n) is 6.07.